The Balaban J connectivity index is 1.00. The van der Waals surface area contributed by atoms with Crippen molar-refractivity contribution >= 4 is 83.9 Å². The first-order valence-electron chi connectivity index (χ1n) is 25.2. The minimum absolute atomic E-state index is 0.819. The molecular weight excluding hydrogens is 899 g/mol. The van der Waals surface area contributed by atoms with Crippen LogP contribution >= 0.6 is 0 Å². The summed E-state index contributed by atoms with van der Waals surface area (Å²) in [6.07, 6.45) is 0. The van der Waals surface area contributed by atoms with E-state index in [0.29, 0.717) is 0 Å². The van der Waals surface area contributed by atoms with Gasteiger partial charge in [0.25, 0.3) is 0 Å². The molecule has 0 aliphatic heterocycles. The molecule has 0 amide bonds. The summed E-state index contributed by atoms with van der Waals surface area (Å²) in [6.45, 7) is 0. The van der Waals surface area contributed by atoms with Crippen molar-refractivity contribution in [1.29, 1.82) is 0 Å². The lowest BCUT2D eigenvalue weighted by atomic mass is 9.92. The molecule has 1 aromatic heterocycles. The molecule has 1 heterocycles. The SMILES string of the molecule is c1ccc(N(c2ccccc2)c2cccc(-c3cc(-c4ccccc4N(c4ccccc4)c4ccccc4)c4c(c3)oc3ccc(-c5cccc(N(c6ccccc6)c6ccc7ccccc7c6)c5)cc34)c2)cc1. The average molecular weight is 948 g/mol. The van der Waals surface area contributed by atoms with Crippen molar-refractivity contribution in [1.82, 2.24) is 0 Å². The first-order valence-corrected chi connectivity index (χ1v) is 25.2. The summed E-state index contributed by atoms with van der Waals surface area (Å²) in [5.41, 5.74) is 17.8. The number of anilines is 9. The Kier molecular flexibility index (Phi) is 11.5. The largest absolute Gasteiger partial charge is 0.456 e. The number of nitrogens with zero attached hydrogens (tertiary/aromatic N) is 3. The van der Waals surface area contributed by atoms with Crippen LogP contribution in [0.3, 0.4) is 0 Å². The average Bonchev–Trinajstić information content (AvgIpc) is 3.87. The lowest BCUT2D eigenvalue weighted by Crippen LogP contribution is -2.11. The number of benzene rings is 12. The van der Waals surface area contributed by atoms with Gasteiger partial charge in [-0.05, 0) is 166 Å². The molecule has 0 unspecified atom stereocenters. The lowest BCUT2D eigenvalue weighted by molar-refractivity contribution is 0.669. The second kappa shape index (κ2) is 19.4. The van der Waals surface area contributed by atoms with E-state index in [4.69, 9.17) is 4.42 Å². The van der Waals surface area contributed by atoms with E-state index in [9.17, 15) is 0 Å². The summed E-state index contributed by atoms with van der Waals surface area (Å²) < 4.78 is 7.03. The van der Waals surface area contributed by atoms with Crippen LogP contribution in [0.15, 0.2) is 302 Å². The third-order valence-electron chi connectivity index (χ3n) is 13.9. The van der Waals surface area contributed by atoms with Crippen LogP contribution in [0.25, 0.3) is 66.1 Å². The van der Waals surface area contributed by atoms with Crippen LogP contribution in [-0.4, -0.2) is 0 Å². The molecule has 13 rings (SSSR count). The molecular formula is C70H49N3O. The Labute approximate surface area is 431 Å². The highest BCUT2D eigenvalue weighted by Crippen LogP contribution is 2.48. The Hall–Kier alpha value is -9.90. The molecule has 0 N–H and O–H groups in total. The molecule has 12 aromatic carbocycles. The maximum Gasteiger partial charge on any atom is 0.136 e. The summed E-state index contributed by atoms with van der Waals surface area (Å²) in [5.74, 6) is 0. The van der Waals surface area contributed by atoms with E-state index in [1.807, 2.05) is 0 Å². The van der Waals surface area contributed by atoms with Crippen molar-refractivity contribution in [3.63, 3.8) is 0 Å². The number of hydrogen-bond acceptors (Lipinski definition) is 4. The predicted octanol–water partition coefficient (Wildman–Crippen LogP) is 20.1. The first-order chi connectivity index (χ1) is 36.7. The van der Waals surface area contributed by atoms with Gasteiger partial charge in [-0.15, -0.1) is 0 Å². The van der Waals surface area contributed by atoms with Crippen molar-refractivity contribution in [2.24, 2.45) is 0 Å². The summed E-state index contributed by atoms with van der Waals surface area (Å²) in [6, 6.07) is 106. The summed E-state index contributed by atoms with van der Waals surface area (Å²) >= 11 is 0. The molecule has 0 bridgehead atoms. The van der Waals surface area contributed by atoms with E-state index in [-0.39, 0.29) is 0 Å². The molecule has 350 valence electrons. The number of para-hydroxylation sites is 6. The zero-order valence-electron chi connectivity index (χ0n) is 40.5. The zero-order chi connectivity index (χ0) is 49.2. The highest BCUT2D eigenvalue weighted by atomic mass is 16.3. The van der Waals surface area contributed by atoms with Gasteiger partial charge in [0.15, 0.2) is 0 Å². The van der Waals surface area contributed by atoms with Crippen molar-refractivity contribution < 1.29 is 4.42 Å². The number of rotatable bonds is 12. The molecule has 0 saturated carbocycles. The second-order valence-corrected chi connectivity index (χ2v) is 18.5. The summed E-state index contributed by atoms with van der Waals surface area (Å²) in [7, 11) is 0. The standard InChI is InChI=1S/C70H49N3O/c1-6-26-56(27-7-1)71(57-28-8-2-9-29-57)61-36-21-25-53(46-61)55-48-65(64-38-18-19-39-67(64)73(59-32-12-4-13-33-59)60-34-14-5-15-35-60)70-66-47-54(41-43-68(66)74-69(70)49-55)52-24-20-37-62(45-52)72(58-30-10-3-11-31-58)63-42-40-50-22-16-17-23-51(50)44-63/h1-49H. The van der Waals surface area contributed by atoms with Gasteiger partial charge < -0.3 is 19.1 Å². The van der Waals surface area contributed by atoms with Gasteiger partial charge in [0.1, 0.15) is 11.2 Å². The molecule has 4 heteroatoms. The first kappa shape index (κ1) is 44.1. The molecule has 0 saturated heterocycles. The maximum absolute atomic E-state index is 7.03. The van der Waals surface area contributed by atoms with Gasteiger partial charge in [-0.1, -0.05) is 170 Å². The molecule has 0 aliphatic carbocycles. The van der Waals surface area contributed by atoms with Crippen molar-refractivity contribution in [3.8, 4) is 33.4 Å². The monoisotopic (exact) mass is 947 g/mol. The Morgan fingerprint density at radius 1 is 0.230 bits per heavy atom. The smallest absolute Gasteiger partial charge is 0.136 e. The molecule has 74 heavy (non-hydrogen) atoms. The van der Waals surface area contributed by atoms with Gasteiger partial charge in [0.05, 0.1) is 5.69 Å². The molecule has 0 radical (unpaired) electrons. The van der Waals surface area contributed by atoms with Gasteiger partial charge in [-0.25, -0.2) is 0 Å². The highest BCUT2D eigenvalue weighted by Gasteiger charge is 2.23. The molecule has 0 atom stereocenters. The van der Waals surface area contributed by atoms with E-state index in [1.165, 1.54) is 10.8 Å². The van der Waals surface area contributed by atoms with Crippen LogP contribution in [0.4, 0.5) is 51.2 Å². The Bertz CT molecular complexity index is 4000. The van der Waals surface area contributed by atoms with Crippen LogP contribution in [0.1, 0.15) is 0 Å². The van der Waals surface area contributed by atoms with Gasteiger partial charge >= 0.3 is 0 Å². The normalized spacial score (nSPS) is 11.2. The van der Waals surface area contributed by atoms with Crippen LogP contribution in [0.5, 0.6) is 0 Å². The minimum atomic E-state index is 0.819. The van der Waals surface area contributed by atoms with Crippen molar-refractivity contribution in [2.45, 2.75) is 0 Å². The van der Waals surface area contributed by atoms with Gasteiger partial charge in [-0.2, -0.15) is 0 Å². The Morgan fingerprint density at radius 2 is 0.676 bits per heavy atom. The second-order valence-electron chi connectivity index (χ2n) is 18.5. The number of fused-ring (bicyclic) bond motifs is 4. The van der Waals surface area contributed by atoms with E-state index in [1.54, 1.807) is 0 Å². The molecule has 13 aromatic rings. The lowest BCUT2D eigenvalue weighted by Gasteiger charge is -2.28. The van der Waals surface area contributed by atoms with Gasteiger partial charge in [0, 0.05) is 61.8 Å². The van der Waals surface area contributed by atoms with Crippen LogP contribution in [-0.2, 0) is 0 Å². The Morgan fingerprint density at radius 3 is 1.26 bits per heavy atom. The fraction of sp³-hybridized carbons (Fsp3) is 0. The maximum atomic E-state index is 7.03. The minimum Gasteiger partial charge on any atom is -0.456 e. The number of furan rings is 1. The molecule has 0 spiro atoms. The molecule has 0 fully saturated rings. The third-order valence-corrected chi connectivity index (χ3v) is 13.9. The zero-order valence-corrected chi connectivity index (χ0v) is 40.5. The van der Waals surface area contributed by atoms with Crippen LogP contribution in [0, 0.1) is 0 Å². The fourth-order valence-electron chi connectivity index (χ4n) is 10.5. The van der Waals surface area contributed by atoms with Crippen LogP contribution < -0.4 is 14.7 Å². The van der Waals surface area contributed by atoms with Crippen molar-refractivity contribution in [3.05, 3.63) is 297 Å². The van der Waals surface area contributed by atoms with E-state index in [0.717, 1.165) is 107 Å². The molecule has 0 aliphatic rings. The van der Waals surface area contributed by atoms with E-state index < -0.39 is 0 Å². The highest BCUT2D eigenvalue weighted by molar-refractivity contribution is 6.16. The van der Waals surface area contributed by atoms with Gasteiger partial charge in [-0.3, -0.25) is 0 Å². The van der Waals surface area contributed by atoms with Gasteiger partial charge in [0.2, 0.25) is 0 Å². The predicted molar refractivity (Wildman–Crippen MR) is 312 cm³/mol. The van der Waals surface area contributed by atoms with Crippen molar-refractivity contribution in [2.75, 3.05) is 14.7 Å². The summed E-state index contributed by atoms with van der Waals surface area (Å²) in [4.78, 5) is 7.02. The van der Waals surface area contributed by atoms with E-state index >= 15 is 0 Å². The molecule has 4 nitrogen and oxygen atoms in total. The summed E-state index contributed by atoms with van der Waals surface area (Å²) in [5, 5.41) is 4.52. The van der Waals surface area contributed by atoms with E-state index in [2.05, 4.69) is 312 Å². The quantitative estimate of drug-likeness (QED) is 0.122. The topological polar surface area (TPSA) is 22.9 Å². The third kappa shape index (κ3) is 8.40. The number of hydrogen-bond donors (Lipinski definition) is 0. The van der Waals surface area contributed by atoms with Crippen LogP contribution in [0.2, 0.25) is 0 Å². The fourth-order valence-corrected chi connectivity index (χ4v) is 10.5.